The van der Waals surface area contributed by atoms with Crippen LogP contribution in [0.2, 0.25) is 5.02 Å². The Kier molecular flexibility index (Phi) is 7.21. The summed E-state index contributed by atoms with van der Waals surface area (Å²) in [7, 11) is -7.10. The third-order valence-electron chi connectivity index (χ3n) is 4.66. The number of benzene rings is 2. The van der Waals surface area contributed by atoms with Crippen molar-refractivity contribution in [2.75, 3.05) is 16.8 Å². The molecule has 0 aromatic heterocycles. The van der Waals surface area contributed by atoms with E-state index in [4.69, 9.17) is 11.6 Å². The van der Waals surface area contributed by atoms with Crippen LogP contribution in [-0.2, 0) is 24.7 Å². The minimum atomic E-state index is -3.78. The van der Waals surface area contributed by atoms with E-state index >= 15 is 0 Å². The molecule has 0 unspecified atom stereocenters. The number of halogens is 1. The number of sulfone groups is 1. The van der Waals surface area contributed by atoms with Crippen LogP contribution < -0.4 is 9.62 Å². The highest BCUT2D eigenvalue weighted by Crippen LogP contribution is 2.28. The molecule has 0 fully saturated rings. The molecule has 2 rings (SSSR count). The van der Waals surface area contributed by atoms with Crippen LogP contribution in [0.4, 0.5) is 5.69 Å². The van der Waals surface area contributed by atoms with Crippen LogP contribution in [0, 0.1) is 6.92 Å². The number of carbonyl (C=O) groups is 1. The van der Waals surface area contributed by atoms with Gasteiger partial charge in [-0.2, -0.15) is 0 Å². The van der Waals surface area contributed by atoms with Gasteiger partial charge < -0.3 is 5.32 Å². The number of hydrogen-bond acceptors (Lipinski definition) is 5. The molecule has 0 aliphatic carbocycles. The highest BCUT2D eigenvalue weighted by atomic mass is 35.5. The second-order valence-corrected chi connectivity index (χ2v) is 11.5. The summed E-state index contributed by atoms with van der Waals surface area (Å²) in [6, 6.07) is 9.51. The van der Waals surface area contributed by atoms with E-state index in [9.17, 15) is 21.6 Å². The normalized spacial score (nSPS) is 14.1. The predicted octanol–water partition coefficient (Wildman–Crippen LogP) is 3.08. The average Bonchev–Trinajstić information content (AvgIpc) is 2.62. The summed E-state index contributed by atoms with van der Waals surface area (Å²) in [6.07, 6.45) is 2.15. The smallest absolute Gasteiger partial charge is 0.244 e. The summed E-state index contributed by atoms with van der Waals surface area (Å²) in [5, 5.41) is 3.14. The number of aryl methyl sites for hydroxylation is 1. The lowest BCUT2D eigenvalue weighted by atomic mass is 10.1. The molecule has 0 aliphatic rings. The molecule has 30 heavy (non-hydrogen) atoms. The molecule has 2 aromatic carbocycles. The van der Waals surface area contributed by atoms with Gasteiger partial charge in [0.2, 0.25) is 15.9 Å². The zero-order chi connectivity index (χ0) is 22.9. The molecular formula is C20H25ClN2O5S2. The van der Waals surface area contributed by atoms with Gasteiger partial charge in [-0.15, -0.1) is 0 Å². The van der Waals surface area contributed by atoms with Crippen molar-refractivity contribution >= 4 is 43.1 Å². The first-order valence-corrected chi connectivity index (χ1v) is 13.2. The monoisotopic (exact) mass is 472 g/mol. The van der Waals surface area contributed by atoms with Gasteiger partial charge in [0.05, 0.1) is 22.9 Å². The van der Waals surface area contributed by atoms with E-state index in [0.717, 1.165) is 16.8 Å². The summed E-state index contributed by atoms with van der Waals surface area (Å²) in [5.74, 6) is -0.500. The Labute approximate surface area is 183 Å². The molecule has 0 heterocycles. The van der Waals surface area contributed by atoms with Gasteiger partial charge in [-0.1, -0.05) is 29.8 Å². The van der Waals surface area contributed by atoms with E-state index in [0.29, 0.717) is 21.8 Å². The van der Waals surface area contributed by atoms with Gasteiger partial charge in [0.25, 0.3) is 0 Å². The number of rotatable bonds is 7. The highest BCUT2D eigenvalue weighted by Gasteiger charge is 2.31. The molecule has 0 aliphatic heterocycles. The first-order chi connectivity index (χ1) is 13.7. The van der Waals surface area contributed by atoms with Gasteiger partial charge >= 0.3 is 0 Å². The number of nitrogens with zero attached hydrogens (tertiary/aromatic N) is 1. The lowest BCUT2D eigenvalue weighted by molar-refractivity contribution is -0.122. The third-order valence-corrected chi connectivity index (χ3v) is 7.26. The van der Waals surface area contributed by atoms with Crippen molar-refractivity contribution in [2.24, 2.45) is 0 Å². The summed E-state index contributed by atoms with van der Waals surface area (Å²) < 4.78 is 49.2. The number of carbonyl (C=O) groups excluding carboxylic acids is 1. The molecule has 164 valence electrons. The molecule has 0 radical (unpaired) electrons. The van der Waals surface area contributed by atoms with Gasteiger partial charge in [-0.25, -0.2) is 16.8 Å². The second-order valence-electron chi connectivity index (χ2n) is 7.24. The quantitative estimate of drug-likeness (QED) is 0.667. The van der Waals surface area contributed by atoms with Crippen molar-refractivity contribution < 1.29 is 21.6 Å². The predicted molar refractivity (Wildman–Crippen MR) is 119 cm³/mol. The summed E-state index contributed by atoms with van der Waals surface area (Å²) in [6.45, 7) is 4.96. The molecule has 0 saturated carbocycles. The maximum Gasteiger partial charge on any atom is 0.244 e. The summed E-state index contributed by atoms with van der Waals surface area (Å²) in [4.78, 5) is 13.0. The van der Waals surface area contributed by atoms with Gasteiger partial charge in [0.1, 0.15) is 6.04 Å². The minimum Gasteiger partial charge on any atom is -0.348 e. The highest BCUT2D eigenvalue weighted by molar-refractivity contribution is 7.92. The molecule has 10 heteroatoms. The third kappa shape index (κ3) is 5.74. The van der Waals surface area contributed by atoms with Gasteiger partial charge in [0, 0.05) is 11.3 Å². The fourth-order valence-electron chi connectivity index (χ4n) is 3.02. The van der Waals surface area contributed by atoms with Gasteiger partial charge in [-0.3, -0.25) is 9.10 Å². The van der Waals surface area contributed by atoms with E-state index in [1.54, 1.807) is 38.1 Å². The van der Waals surface area contributed by atoms with Crippen molar-refractivity contribution in [3.63, 3.8) is 0 Å². The zero-order valence-corrected chi connectivity index (χ0v) is 19.8. The molecular weight excluding hydrogens is 448 g/mol. The van der Waals surface area contributed by atoms with Crippen LogP contribution in [0.25, 0.3) is 0 Å². The Morgan fingerprint density at radius 3 is 2.07 bits per heavy atom. The van der Waals surface area contributed by atoms with Crippen molar-refractivity contribution in [2.45, 2.75) is 37.8 Å². The average molecular weight is 473 g/mol. The first-order valence-electron chi connectivity index (χ1n) is 9.07. The maximum atomic E-state index is 12.9. The van der Waals surface area contributed by atoms with Crippen molar-refractivity contribution in [3.05, 3.63) is 58.6 Å². The topological polar surface area (TPSA) is 101 Å². The van der Waals surface area contributed by atoms with Crippen LogP contribution in [0.5, 0.6) is 0 Å². The Balaban J connectivity index is 2.28. The number of hydrogen-bond donors (Lipinski definition) is 1. The SMILES string of the molecule is Cc1ccc(Cl)cc1N([C@@H](C)C(=O)N[C@@H](C)c1ccc(S(C)(=O)=O)cc1)S(C)(=O)=O. The van der Waals surface area contributed by atoms with Crippen molar-refractivity contribution in [1.29, 1.82) is 0 Å². The van der Waals surface area contributed by atoms with Crippen molar-refractivity contribution in [3.8, 4) is 0 Å². The maximum absolute atomic E-state index is 12.9. The molecule has 2 atom stereocenters. The van der Waals surface area contributed by atoms with E-state index < -0.39 is 37.9 Å². The van der Waals surface area contributed by atoms with Crippen LogP contribution in [-0.4, -0.2) is 41.3 Å². The Morgan fingerprint density at radius 2 is 1.57 bits per heavy atom. The first kappa shape index (κ1) is 24.2. The molecule has 0 spiro atoms. The number of amides is 1. The van der Waals surface area contributed by atoms with Gasteiger partial charge in [0.15, 0.2) is 9.84 Å². The molecule has 7 nitrogen and oxygen atoms in total. The van der Waals surface area contributed by atoms with Crippen LogP contribution in [0.3, 0.4) is 0 Å². The molecule has 0 saturated heterocycles. The van der Waals surface area contributed by atoms with E-state index in [1.807, 2.05) is 0 Å². The van der Waals surface area contributed by atoms with Crippen LogP contribution >= 0.6 is 11.6 Å². The Bertz CT molecular complexity index is 1150. The van der Waals surface area contributed by atoms with Gasteiger partial charge in [-0.05, 0) is 56.2 Å². The minimum absolute atomic E-state index is 0.179. The zero-order valence-electron chi connectivity index (χ0n) is 17.4. The van der Waals surface area contributed by atoms with E-state index in [2.05, 4.69) is 5.32 Å². The fourth-order valence-corrected chi connectivity index (χ4v) is 5.04. The van der Waals surface area contributed by atoms with E-state index in [1.165, 1.54) is 25.1 Å². The lowest BCUT2D eigenvalue weighted by Crippen LogP contribution is -2.48. The molecule has 1 amide bonds. The largest absolute Gasteiger partial charge is 0.348 e. The summed E-state index contributed by atoms with van der Waals surface area (Å²) in [5.41, 5.74) is 1.68. The number of nitrogens with one attached hydrogen (secondary N) is 1. The number of sulfonamides is 1. The van der Waals surface area contributed by atoms with E-state index in [-0.39, 0.29) is 4.90 Å². The lowest BCUT2D eigenvalue weighted by Gasteiger charge is -2.30. The molecule has 0 bridgehead atoms. The summed E-state index contributed by atoms with van der Waals surface area (Å²) >= 11 is 6.04. The van der Waals surface area contributed by atoms with Crippen molar-refractivity contribution in [1.82, 2.24) is 5.32 Å². The Morgan fingerprint density at radius 1 is 1.00 bits per heavy atom. The molecule has 1 N–H and O–H groups in total. The number of anilines is 1. The second kappa shape index (κ2) is 8.95. The standard InChI is InChI=1S/C20H25ClN2O5S2/c1-13-6-9-17(21)12-19(13)23(30(5,27)28)15(3)20(24)22-14(2)16-7-10-18(11-8-16)29(4,25)26/h6-12,14-15H,1-5H3,(H,22,24)/t14-,15-/m0/s1. The van der Waals surface area contributed by atoms with Crippen LogP contribution in [0.1, 0.15) is 31.0 Å². The Hall–Kier alpha value is -2.10. The fraction of sp³-hybridized carbons (Fsp3) is 0.350. The van der Waals surface area contributed by atoms with Crippen LogP contribution in [0.15, 0.2) is 47.4 Å². The molecule has 2 aromatic rings.